The molecule has 37 valence electrons. The first kappa shape index (κ1) is 98.6. The van der Waals surface area contributed by atoms with Crippen LogP contribution in [0.25, 0.3) is 0 Å². The van der Waals surface area contributed by atoms with Gasteiger partial charge >= 0.3 is 0 Å². The molecule has 1 nitrogen and oxygen atoms in total. The van der Waals surface area contributed by atoms with Crippen LogP contribution in [-0.4, -0.2) is 22.8 Å². The van der Waals surface area contributed by atoms with Crippen LogP contribution in [-0.2, 0) is 0 Å². The number of rotatable bonds is 0. The molecule has 0 saturated carbocycles. The Morgan fingerprint density at radius 1 is 0.600 bits per heavy atom. The van der Waals surface area contributed by atoms with Gasteiger partial charge in [-0.3, -0.25) is 0 Å². The molecule has 0 amide bonds. The first-order chi connectivity index (χ1) is 0. The van der Waals surface area contributed by atoms with E-state index in [-0.39, 0.29) is 60.1 Å². The molecule has 5 heteroatoms. The summed E-state index contributed by atoms with van der Waals surface area (Å²) >= 11 is 0. The van der Waals surface area contributed by atoms with Crippen molar-refractivity contribution in [2.45, 2.75) is 0 Å². The topological polar surface area (TPSA) is 31.5 Å². The minimum absolute atomic E-state index is 0. The van der Waals surface area contributed by atoms with Crippen molar-refractivity contribution in [3.63, 3.8) is 0 Å². The smallest absolute Gasteiger partial charge is 0.146 e. The third kappa shape index (κ3) is 32.7. The molecule has 0 aromatic carbocycles. The van der Waals surface area contributed by atoms with E-state index in [1.165, 1.54) is 0 Å². The van der Waals surface area contributed by atoms with Crippen LogP contribution in [0.5, 0.6) is 0 Å². The van der Waals surface area contributed by atoms with Gasteiger partial charge in [-0.2, -0.15) is 0 Å². The summed E-state index contributed by atoms with van der Waals surface area (Å²) < 4.78 is 0. The molecular weight excluding hydrogens is 149 g/mol. The molecular formula is H7AlCl3O. The molecule has 0 heterocycles. The predicted octanol–water partition coefficient (Wildman–Crippen LogP) is -0.475. The van der Waals surface area contributed by atoms with Gasteiger partial charge in [0.15, 0.2) is 0 Å². The van der Waals surface area contributed by atoms with Gasteiger partial charge in [0.1, 0.15) is 17.4 Å². The molecule has 1 radical (unpaired) electrons. The fourth-order valence-corrected chi connectivity index (χ4v) is 0. The molecule has 0 spiro atoms. The Morgan fingerprint density at radius 2 is 0.600 bits per heavy atom. The quantitative estimate of drug-likeness (QED) is 0.425. The maximum Gasteiger partial charge on any atom is 0.146 e. The molecule has 0 aromatic rings. The maximum absolute atomic E-state index is 0. The van der Waals surface area contributed by atoms with Crippen molar-refractivity contribution < 1.29 is 5.48 Å². The molecule has 0 aliphatic rings. The van der Waals surface area contributed by atoms with Gasteiger partial charge in [-0.15, -0.1) is 37.2 Å². The Labute approximate surface area is 60.2 Å². The lowest BCUT2D eigenvalue weighted by Gasteiger charge is -0.412. The van der Waals surface area contributed by atoms with Crippen LogP contribution in [0.3, 0.4) is 0 Å². The van der Waals surface area contributed by atoms with E-state index in [0.29, 0.717) is 0 Å². The molecule has 0 bridgehead atoms. The van der Waals surface area contributed by atoms with Crippen molar-refractivity contribution in [2.24, 2.45) is 0 Å². The van der Waals surface area contributed by atoms with E-state index in [0.717, 1.165) is 0 Å². The van der Waals surface area contributed by atoms with E-state index in [9.17, 15) is 0 Å². The molecule has 0 aliphatic heterocycles. The highest BCUT2D eigenvalue weighted by Crippen LogP contribution is 0.692. The monoisotopic (exact) mass is 155 g/mol. The average Bonchev–Trinajstić information content (AvgIpc) is 0. The van der Waals surface area contributed by atoms with Crippen LogP contribution in [0.4, 0.5) is 0 Å². The zero-order valence-electron chi connectivity index (χ0n) is 2.72. The van der Waals surface area contributed by atoms with Crippen molar-refractivity contribution in [3.05, 3.63) is 0 Å². The summed E-state index contributed by atoms with van der Waals surface area (Å²) in [7, 11) is 0. The summed E-state index contributed by atoms with van der Waals surface area (Å²) in [5, 5.41) is 0. The molecule has 0 atom stereocenters. The second-order valence-corrected chi connectivity index (χ2v) is 0. The Balaban J connectivity index is 0. The fraction of sp³-hybridized carbons (Fsp3) is 0. The van der Waals surface area contributed by atoms with E-state index in [1.807, 2.05) is 0 Å². The first-order valence-corrected chi connectivity index (χ1v) is 0. The molecule has 0 fully saturated rings. The first-order valence-electron chi connectivity index (χ1n) is 0. The van der Waals surface area contributed by atoms with Gasteiger partial charge in [0.2, 0.25) is 0 Å². The lowest BCUT2D eigenvalue weighted by molar-refractivity contribution is 0.824. The Hall–Kier alpha value is 1.36. The zero-order chi connectivity index (χ0) is 0. The summed E-state index contributed by atoms with van der Waals surface area (Å²) in [6, 6.07) is 0. The van der Waals surface area contributed by atoms with Crippen LogP contribution >= 0.6 is 37.2 Å². The lowest BCUT2D eigenvalue weighted by atomic mass is 16.0. The van der Waals surface area contributed by atoms with E-state index in [4.69, 9.17) is 0 Å². The van der Waals surface area contributed by atoms with E-state index < -0.39 is 0 Å². The summed E-state index contributed by atoms with van der Waals surface area (Å²) in [6.45, 7) is 0. The number of halogens is 3. The standard InChI is InChI=1S/Al.3ClH.H2O.2H/h;3*1H;1H2;;. The van der Waals surface area contributed by atoms with Gasteiger partial charge in [0.25, 0.3) is 0 Å². The highest BCUT2D eigenvalue weighted by atomic mass is 35.5. The van der Waals surface area contributed by atoms with Crippen molar-refractivity contribution in [1.29, 1.82) is 0 Å². The predicted molar refractivity (Wildman–Crippen MR) is 33.9 cm³/mol. The molecule has 0 aromatic heterocycles. The summed E-state index contributed by atoms with van der Waals surface area (Å²) in [4.78, 5) is 0. The van der Waals surface area contributed by atoms with Gasteiger partial charge in [-0.25, -0.2) is 0 Å². The maximum atomic E-state index is 0. The van der Waals surface area contributed by atoms with Gasteiger partial charge in [0, 0.05) is 0 Å². The Bertz CT molecular complexity index is 6.85. The van der Waals surface area contributed by atoms with E-state index in [1.54, 1.807) is 0 Å². The van der Waals surface area contributed by atoms with Crippen LogP contribution < -0.4 is 0 Å². The normalized spacial score (nSPS) is 0. The molecule has 5 heavy (non-hydrogen) atoms. The van der Waals surface area contributed by atoms with E-state index >= 15 is 0 Å². The fourth-order valence-electron chi connectivity index (χ4n) is 0. The highest BCUT2D eigenvalue weighted by molar-refractivity contribution is 5.86. The highest BCUT2D eigenvalue weighted by Gasteiger charge is 0.146. The summed E-state index contributed by atoms with van der Waals surface area (Å²) in [6.07, 6.45) is 0. The zero-order valence-corrected chi connectivity index (χ0v) is 7.17. The minimum atomic E-state index is 0. The largest absolute Gasteiger partial charge is 0.412 e. The van der Waals surface area contributed by atoms with Gasteiger partial charge < -0.3 is 5.48 Å². The second-order valence-electron chi connectivity index (χ2n) is 0. The molecule has 2 N–H and O–H groups in total. The van der Waals surface area contributed by atoms with Crippen molar-refractivity contribution in [2.75, 3.05) is 0 Å². The van der Waals surface area contributed by atoms with E-state index in [2.05, 4.69) is 0 Å². The van der Waals surface area contributed by atoms with Gasteiger partial charge in [0.05, 0.1) is 0 Å². The second kappa shape index (κ2) is 55.0. The number of hydrogen-bond donors (Lipinski definition) is 0. The Kier molecular flexibility index (Phi) is 1080. The van der Waals surface area contributed by atoms with Crippen molar-refractivity contribution in [3.8, 4) is 0 Å². The van der Waals surface area contributed by atoms with Crippen LogP contribution in [0, 0.1) is 0 Å². The van der Waals surface area contributed by atoms with Crippen LogP contribution in [0.2, 0.25) is 0 Å². The molecule has 0 unspecified atom stereocenters. The summed E-state index contributed by atoms with van der Waals surface area (Å²) in [5.74, 6) is 0. The van der Waals surface area contributed by atoms with Crippen LogP contribution in [0.15, 0.2) is 0 Å². The minimum Gasteiger partial charge on any atom is -0.412 e. The molecule has 0 rings (SSSR count). The average molecular weight is 156 g/mol. The molecule has 0 saturated heterocycles. The molecule has 0 aliphatic carbocycles. The van der Waals surface area contributed by atoms with Crippen molar-refractivity contribution >= 4 is 54.6 Å². The lowest BCUT2D eigenvalue weighted by Crippen LogP contribution is -0.381. The van der Waals surface area contributed by atoms with Gasteiger partial charge in [-0.1, -0.05) is 0 Å². The third-order valence-electron chi connectivity index (χ3n) is 0. The third-order valence-corrected chi connectivity index (χ3v) is 0. The van der Waals surface area contributed by atoms with Gasteiger partial charge in [-0.05, 0) is 0 Å². The Morgan fingerprint density at radius 3 is 0.600 bits per heavy atom. The number of hydrogen-bond acceptors (Lipinski definition) is 0. The SMILES string of the molecule is Cl.Cl.Cl.O.[AlH2]. The summed E-state index contributed by atoms with van der Waals surface area (Å²) in [5.41, 5.74) is 0. The van der Waals surface area contributed by atoms with Crippen molar-refractivity contribution in [1.82, 2.24) is 0 Å². The van der Waals surface area contributed by atoms with Crippen LogP contribution in [0.1, 0.15) is 0 Å².